The molecule has 0 aliphatic carbocycles. The van der Waals surface area contributed by atoms with E-state index in [1.807, 2.05) is 0 Å². The highest BCUT2D eigenvalue weighted by Crippen LogP contribution is 2.12. The molecule has 8 nitrogen and oxygen atoms in total. The summed E-state index contributed by atoms with van der Waals surface area (Å²) in [5, 5.41) is 5.35. The molecule has 2 amide bonds. The zero-order valence-electron chi connectivity index (χ0n) is 15.2. The van der Waals surface area contributed by atoms with Crippen LogP contribution in [0.2, 0.25) is 0 Å². The van der Waals surface area contributed by atoms with Gasteiger partial charge in [0, 0.05) is 31.1 Å². The Morgan fingerprint density at radius 2 is 1.78 bits per heavy atom. The predicted molar refractivity (Wildman–Crippen MR) is 98.8 cm³/mol. The number of esters is 1. The molecule has 1 aromatic carbocycles. The number of anilines is 1. The van der Waals surface area contributed by atoms with Crippen molar-refractivity contribution >= 4 is 23.5 Å². The molecule has 0 saturated carbocycles. The predicted octanol–water partition coefficient (Wildman–Crippen LogP) is 1.89. The van der Waals surface area contributed by atoms with Crippen molar-refractivity contribution in [1.82, 2.24) is 10.3 Å². The van der Waals surface area contributed by atoms with E-state index >= 15 is 0 Å². The Bertz CT molecular complexity index is 805. The van der Waals surface area contributed by atoms with Gasteiger partial charge in [0.25, 0.3) is 11.8 Å². The third kappa shape index (κ3) is 5.89. The quantitative estimate of drug-likeness (QED) is 0.542. The average molecular weight is 371 g/mol. The van der Waals surface area contributed by atoms with Crippen molar-refractivity contribution in [3.05, 3.63) is 59.4 Å². The van der Waals surface area contributed by atoms with Crippen molar-refractivity contribution in [2.45, 2.75) is 6.92 Å². The van der Waals surface area contributed by atoms with Gasteiger partial charge < -0.3 is 20.1 Å². The normalized spacial score (nSPS) is 10.1. The summed E-state index contributed by atoms with van der Waals surface area (Å²) in [6.07, 6.45) is 1.39. The summed E-state index contributed by atoms with van der Waals surface area (Å²) in [6, 6.07) is 9.22. The van der Waals surface area contributed by atoms with Crippen LogP contribution >= 0.6 is 0 Å². The molecule has 0 atom stereocenters. The number of nitrogens with zero attached hydrogens (tertiary/aromatic N) is 1. The lowest BCUT2D eigenvalue weighted by Crippen LogP contribution is -2.27. The first kappa shape index (κ1) is 20.1. The first-order valence-electron chi connectivity index (χ1n) is 8.37. The van der Waals surface area contributed by atoms with E-state index in [2.05, 4.69) is 15.6 Å². The van der Waals surface area contributed by atoms with Crippen molar-refractivity contribution in [1.29, 1.82) is 0 Å². The summed E-state index contributed by atoms with van der Waals surface area (Å²) in [5.41, 5.74) is 1.31. The molecule has 2 N–H and O–H groups in total. The second-order valence-corrected chi connectivity index (χ2v) is 5.43. The Labute approximate surface area is 156 Å². The molecule has 27 heavy (non-hydrogen) atoms. The number of methoxy groups -OCH3 is 1. The number of hydrogen-bond donors (Lipinski definition) is 2. The number of amides is 2. The lowest BCUT2D eigenvalue weighted by atomic mass is 10.2. The fraction of sp³-hybridized carbons (Fsp3) is 0.263. The molecule has 0 radical (unpaired) electrons. The van der Waals surface area contributed by atoms with Gasteiger partial charge in [0.2, 0.25) is 0 Å². The standard InChI is InChI=1S/C19H21N3O5/c1-3-27-19(25)13-4-6-15(7-5-13)22-18(24)16-12-14(8-9-20-16)17(23)21-10-11-26-2/h4-9,12H,3,10-11H2,1-2H3,(H,21,23)(H,22,24). The highest BCUT2D eigenvalue weighted by atomic mass is 16.5. The fourth-order valence-corrected chi connectivity index (χ4v) is 2.16. The molecule has 0 fully saturated rings. The molecular weight excluding hydrogens is 350 g/mol. The Kier molecular flexibility index (Phi) is 7.45. The minimum Gasteiger partial charge on any atom is -0.462 e. The lowest BCUT2D eigenvalue weighted by Gasteiger charge is -2.08. The molecule has 1 heterocycles. The van der Waals surface area contributed by atoms with E-state index in [1.54, 1.807) is 38.3 Å². The largest absolute Gasteiger partial charge is 0.462 e. The van der Waals surface area contributed by atoms with Gasteiger partial charge in [-0.15, -0.1) is 0 Å². The van der Waals surface area contributed by atoms with Gasteiger partial charge >= 0.3 is 5.97 Å². The first-order valence-corrected chi connectivity index (χ1v) is 8.37. The molecule has 0 bridgehead atoms. The van der Waals surface area contributed by atoms with Crippen LogP contribution in [0.4, 0.5) is 5.69 Å². The van der Waals surface area contributed by atoms with Crippen molar-refractivity contribution in [2.75, 3.05) is 32.2 Å². The van der Waals surface area contributed by atoms with Crippen LogP contribution in [0.5, 0.6) is 0 Å². The summed E-state index contributed by atoms with van der Waals surface area (Å²) in [6.45, 7) is 2.78. The smallest absolute Gasteiger partial charge is 0.338 e. The second kappa shape index (κ2) is 10.0. The van der Waals surface area contributed by atoms with Crippen LogP contribution < -0.4 is 10.6 Å². The number of ether oxygens (including phenoxy) is 2. The Hall–Kier alpha value is -3.26. The van der Waals surface area contributed by atoms with Gasteiger partial charge in [-0.25, -0.2) is 4.79 Å². The summed E-state index contributed by atoms with van der Waals surface area (Å²) in [4.78, 5) is 40.0. The summed E-state index contributed by atoms with van der Waals surface area (Å²) >= 11 is 0. The molecule has 1 aromatic heterocycles. The maximum absolute atomic E-state index is 12.4. The molecule has 142 valence electrons. The zero-order chi connectivity index (χ0) is 19.6. The van der Waals surface area contributed by atoms with Gasteiger partial charge in [-0.3, -0.25) is 14.6 Å². The number of carbonyl (C=O) groups is 3. The number of rotatable bonds is 8. The Balaban J connectivity index is 2.02. The topological polar surface area (TPSA) is 107 Å². The second-order valence-electron chi connectivity index (χ2n) is 5.43. The van der Waals surface area contributed by atoms with Crippen LogP contribution in [0, 0.1) is 0 Å². The average Bonchev–Trinajstić information content (AvgIpc) is 2.69. The van der Waals surface area contributed by atoms with E-state index in [9.17, 15) is 14.4 Å². The minimum atomic E-state index is -0.467. The maximum Gasteiger partial charge on any atom is 0.338 e. The van der Waals surface area contributed by atoms with Crippen LogP contribution in [0.1, 0.15) is 38.1 Å². The van der Waals surface area contributed by atoms with Gasteiger partial charge in [-0.2, -0.15) is 0 Å². The van der Waals surface area contributed by atoms with Crippen molar-refractivity contribution < 1.29 is 23.9 Å². The minimum absolute atomic E-state index is 0.101. The van der Waals surface area contributed by atoms with E-state index in [-0.39, 0.29) is 11.6 Å². The summed E-state index contributed by atoms with van der Waals surface area (Å²) in [5.74, 6) is -1.21. The van der Waals surface area contributed by atoms with Crippen molar-refractivity contribution in [3.8, 4) is 0 Å². The monoisotopic (exact) mass is 371 g/mol. The number of hydrogen-bond acceptors (Lipinski definition) is 6. The van der Waals surface area contributed by atoms with E-state index in [4.69, 9.17) is 9.47 Å². The number of nitrogens with one attached hydrogen (secondary N) is 2. The van der Waals surface area contributed by atoms with Crippen molar-refractivity contribution in [2.24, 2.45) is 0 Å². The number of benzene rings is 1. The zero-order valence-corrected chi connectivity index (χ0v) is 15.2. The SMILES string of the molecule is CCOC(=O)c1ccc(NC(=O)c2cc(C(=O)NCCOC)ccn2)cc1. The molecule has 2 aromatic rings. The van der Waals surface area contributed by atoms with Crippen LogP contribution in [0.15, 0.2) is 42.6 Å². The number of pyridine rings is 1. The first-order chi connectivity index (χ1) is 13.0. The third-order valence-electron chi connectivity index (χ3n) is 3.50. The molecule has 0 saturated heterocycles. The van der Waals surface area contributed by atoms with Crippen LogP contribution in [-0.2, 0) is 9.47 Å². The summed E-state index contributed by atoms with van der Waals surface area (Å²) in [7, 11) is 1.54. The van der Waals surface area contributed by atoms with Gasteiger partial charge in [-0.05, 0) is 43.3 Å². The fourth-order valence-electron chi connectivity index (χ4n) is 2.16. The van der Waals surface area contributed by atoms with E-state index in [0.717, 1.165) is 0 Å². The third-order valence-corrected chi connectivity index (χ3v) is 3.50. The van der Waals surface area contributed by atoms with Crippen LogP contribution in [0.25, 0.3) is 0 Å². The summed E-state index contributed by atoms with van der Waals surface area (Å²) < 4.78 is 9.78. The molecule has 0 unspecified atom stereocenters. The molecule has 0 aliphatic rings. The van der Waals surface area contributed by atoms with Crippen LogP contribution in [-0.4, -0.2) is 49.6 Å². The van der Waals surface area contributed by atoms with E-state index in [1.165, 1.54) is 18.3 Å². The highest BCUT2D eigenvalue weighted by Gasteiger charge is 2.13. The number of aromatic nitrogens is 1. The molecule has 0 aliphatic heterocycles. The van der Waals surface area contributed by atoms with E-state index < -0.39 is 11.9 Å². The molecule has 0 spiro atoms. The van der Waals surface area contributed by atoms with Gasteiger partial charge in [0.05, 0.1) is 18.8 Å². The Morgan fingerprint density at radius 3 is 2.44 bits per heavy atom. The number of carbonyl (C=O) groups excluding carboxylic acids is 3. The van der Waals surface area contributed by atoms with Gasteiger partial charge in [0.1, 0.15) is 5.69 Å². The van der Waals surface area contributed by atoms with E-state index in [0.29, 0.717) is 36.6 Å². The molecule has 2 rings (SSSR count). The maximum atomic E-state index is 12.4. The van der Waals surface area contributed by atoms with Gasteiger partial charge in [0.15, 0.2) is 0 Å². The van der Waals surface area contributed by atoms with Crippen molar-refractivity contribution in [3.63, 3.8) is 0 Å². The van der Waals surface area contributed by atoms with Gasteiger partial charge in [-0.1, -0.05) is 0 Å². The van der Waals surface area contributed by atoms with Crippen LogP contribution in [0.3, 0.4) is 0 Å². The highest BCUT2D eigenvalue weighted by molar-refractivity contribution is 6.05. The Morgan fingerprint density at radius 1 is 1.04 bits per heavy atom. The molecular formula is C19H21N3O5. The molecule has 8 heteroatoms. The lowest BCUT2D eigenvalue weighted by molar-refractivity contribution is 0.0526.